The predicted octanol–water partition coefficient (Wildman–Crippen LogP) is 0.462. The summed E-state index contributed by atoms with van der Waals surface area (Å²) in [6, 6.07) is 10.1. The first-order valence-electron chi connectivity index (χ1n) is 4.82. The fraction of sp³-hybridized carbons (Fsp3) is 0.182. The Morgan fingerprint density at radius 1 is 1.24 bits per heavy atom. The molecule has 0 atom stereocenters. The molecule has 0 aliphatic heterocycles. The zero-order chi connectivity index (χ0) is 12.7. The molecule has 0 saturated carbocycles. The first-order valence-corrected chi connectivity index (χ1v) is 4.82. The molecule has 0 radical (unpaired) electrons. The van der Waals surface area contributed by atoms with Gasteiger partial charge in [0.1, 0.15) is 13.1 Å². The number of nitriles is 2. The predicted molar refractivity (Wildman–Crippen MR) is 61.4 cm³/mol. The van der Waals surface area contributed by atoms with Crippen molar-refractivity contribution in [2.75, 3.05) is 18.5 Å². The van der Waals surface area contributed by atoms with E-state index in [1.165, 1.54) is 4.90 Å². The summed E-state index contributed by atoms with van der Waals surface area (Å²) in [5.74, 6) is 4.85. The van der Waals surface area contributed by atoms with Gasteiger partial charge in [0.25, 0.3) is 5.91 Å². The Kier molecular flexibility index (Phi) is 4.49. The fourth-order valence-corrected chi connectivity index (χ4v) is 1.26. The molecule has 1 rings (SSSR count). The van der Waals surface area contributed by atoms with Gasteiger partial charge in [-0.1, -0.05) is 0 Å². The Morgan fingerprint density at radius 3 is 2.18 bits per heavy atom. The van der Waals surface area contributed by atoms with Crippen LogP contribution in [-0.4, -0.2) is 23.9 Å². The van der Waals surface area contributed by atoms with E-state index >= 15 is 0 Å². The van der Waals surface area contributed by atoms with Crippen LogP contribution in [0.15, 0.2) is 24.3 Å². The third-order valence-corrected chi connectivity index (χ3v) is 2.11. The number of hydrogen-bond acceptors (Lipinski definition) is 5. The van der Waals surface area contributed by atoms with E-state index in [9.17, 15) is 4.79 Å². The Bertz CT molecular complexity index is 452. The van der Waals surface area contributed by atoms with Crippen LogP contribution in [-0.2, 0) is 0 Å². The number of nitrogens with one attached hydrogen (secondary N) is 1. The van der Waals surface area contributed by atoms with Gasteiger partial charge in [0.05, 0.1) is 12.1 Å². The second kappa shape index (κ2) is 6.11. The lowest BCUT2D eigenvalue weighted by Crippen LogP contribution is -2.31. The average Bonchev–Trinajstić information content (AvgIpc) is 2.38. The van der Waals surface area contributed by atoms with Crippen LogP contribution in [0, 0.1) is 22.7 Å². The Hall–Kier alpha value is -2.57. The van der Waals surface area contributed by atoms with E-state index in [-0.39, 0.29) is 19.0 Å². The van der Waals surface area contributed by atoms with Crippen LogP contribution >= 0.6 is 0 Å². The zero-order valence-corrected chi connectivity index (χ0v) is 9.05. The van der Waals surface area contributed by atoms with Crippen LogP contribution < -0.4 is 11.3 Å². The maximum absolute atomic E-state index is 11.9. The summed E-state index contributed by atoms with van der Waals surface area (Å²) < 4.78 is 0. The van der Waals surface area contributed by atoms with Gasteiger partial charge in [0.15, 0.2) is 0 Å². The molecule has 0 heterocycles. The molecule has 6 heteroatoms. The first kappa shape index (κ1) is 12.5. The van der Waals surface area contributed by atoms with Crippen LogP contribution in [0.2, 0.25) is 0 Å². The van der Waals surface area contributed by atoms with Gasteiger partial charge in [-0.3, -0.25) is 10.6 Å². The number of amides is 1. The SMILES string of the molecule is N#CCN(CC#N)C(=O)c1ccc(NN)cc1. The molecule has 0 bridgehead atoms. The van der Waals surface area contributed by atoms with E-state index < -0.39 is 0 Å². The van der Waals surface area contributed by atoms with Gasteiger partial charge >= 0.3 is 0 Å². The molecular weight excluding hydrogens is 218 g/mol. The molecule has 0 unspecified atom stereocenters. The number of carbonyl (C=O) groups is 1. The molecule has 1 amide bonds. The quantitative estimate of drug-likeness (QED) is 0.443. The lowest BCUT2D eigenvalue weighted by atomic mass is 10.2. The molecule has 0 aromatic heterocycles. The van der Waals surface area contributed by atoms with E-state index in [4.69, 9.17) is 16.4 Å². The summed E-state index contributed by atoms with van der Waals surface area (Å²) in [5, 5.41) is 17.1. The molecule has 1 aromatic rings. The number of carbonyl (C=O) groups excluding carboxylic acids is 1. The van der Waals surface area contributed by atoms with E-state index in [1.54, 1.807) is 24.3 Å². The van der Waals surface area contributed by atoms with E-state index in [0.29, 0.717) is 11.3 Å². The Morgan fingerprint density at radius 2 is 1.76 bits per heavy atom. The number of hydrogen-bond donors (Lipinski definition) is 2. The zero-order valence-electron chi connectivity index (χ0n) is 9.05. The van der Waals surface area contributed by atoms with Gasteiger partial charge < -0.3 is 10.3 Å². The van der Waals surface area contributed by atoms with Gasteiger partial charge in [-0.2, -0.15) is 10.5 Å². The summed E-state index contributed by atoms with van der Waals surface area (Å²) in [6.07, 6.45) is 0. The van der Waals surface area contributed by atoms with Crippen LogP contribution in [0.4, 0.5) is 5.69 Å². The van der Waals surface area contributed by atoms with Crippen LogP contribution in [0.5, 0.6) is 0 Å². The molecule has 86 valence electrons. The summed E-state index contributed by atoms with van der Waals surface area (Å²) in [6.45, 7) is -0.216. The fourth-order valence-electron chi connectivity index (χ4n) is 1.26. The number of hydrazine groups is 1. The number of rotatable bonds is 4. The summed E-state index contributed by atoms with van der Waals surface area (Å²) in [7, 11) is 0. The highest BCUT2D eigenvalue weighted by Gasteiger charge is 2.14. The third kappa shape index (κ3) is 3.20. The van der Waals surface area contributed by atoms with E-state index in [1.807, 2.05) is 12.1 Å². The molecule has 0 fully saturated rings. The van der Waals surface area contributed by atoms with E-state index in [0.717, 1.165) is 0 Å². The number of nitrogens with zero attached hydrogens (tertiary/aromatic N) is 3. The average molecular weight is 229 g/mol. The van der Waals surface area contributed by atoms with Crippen molar-refractivity contribution in [3.05, 3.63) is 29.8 Å². The van der Waals surface area contributed by atoms with Gasteiger partial charge in [0.2, 0.25) is 0 Å². The topological polar surface area (TPSA) is 106 Å². The molecule has 17 heavy (non-hydrogen) atoms. The van der Waals surface area contributed by atoms with Crippen LogP contribution in [0.25, 0.3) is 0 Å². The Balaban J connectivity index is 2.86. The third-order valence-electron chi connectivity index (χ3n) is 2.11. The van der Waals surface area contributed by atoms with Crippen molar-refractivity contribution in [3.8, 4) is 12.1 Å². The molecular formula is C11H11N5O. The van der Waals surface area contributed by atoms with Crippen LogP contribution in [0.1, 0.15) is 10.4 Å². The van der Waals surface area contributed by atoms with Crippen molar-refractivity contribution in [1.82, 2.24) is 4.90 Å². The minimum Gasteiger partial charge on any atom is -0.324 e. The first-order chi connectivity index (χ1) is 8.22. The van der Waals surface area contributed by atoms with Crippen molar-refractivity contribution < 1.29 is 4.79 Å². The second-order valence-corrected chi connectivity index (χ2v) is 3.20. The largest absolute Gasteiger partial charge is 0.324 e. The van der Waals surface area contributed by atoms with Crippen molar-refractivity contribution in [2.45, 2.75) is 0 Å². The molecule has 0 aliphatic carbocycles. The minimum atomic E-state index is -0.350. The highest BCUT2D eigenvalue weighted by molar-refractivity contribution is 5.94. The number of benzene rings is 1. The van der Waals surface area contributed by atoms with Gasteiger partial charge in [-0.15, -0.1) is 0 Å². The standard InChI is InChI=1S/C11H11N5O/c12-5-7-16(8-6-13)11(17)9-1-3-10(15-14)4-2-9/h1-4,15H,7-8,14H2. The Labute approximate surface area is 98.8 Å². The summed E-state index contributed by atoms with van der Waals surface area (Å²) >= 11 is 0. The molecule has 1 aromatic carbocycles. The maximum Gasteiger partial charge on any atom is 0.255 e. The van der Waals surface area contributed by atoms with Crippen LogP contribution in [0.3, 0.4) is 0 Å². The van der Waals surface area contributed by atoms with Gasteiger partial charge in [-0.25, -0.2) is 0 Å². The van der Waals surface area contributed by atoms with Crippen molar-refractivity contribution in [3.63, 3.8) is 0 Å². The maximum atomic E-state index is 11.9. The monoisotopic (exact) mass is 229 g/mol. The minimum absolute atomic E-state index is 0.108. The second-order valence-electron chi connectivity index (χ2n) is 3.20. The highest BCUT2D eigenvalue weighted by atomic mass is 16.2. The number of anilines is 1. The summed E-state index contributed by atoms with van der Waals surface area (Å²) in [4.78, 5) is 13.1. The smallest absolute Gasteiger partial charge is 0.255 e. The van der Waals surface area contributed by atoms with Crippen molar-refractivity contribution in [1.29, 1.82) is 10.5 Å². The molecule has 3 N–H and O–H groups in total. The number of nitrogen functional groups attached to an aromatic ring is 1. The lowest BCUT2D eigenvalue weighted by Gasteiger charge is -2.15. The van der Waals surface area contributed by atoms with E-state index in [2.05, 4.69) is 5.43 Å². The van der Waals surface area contributed by atoms with Gasteiger partial charge in [0, 0.05) is 11.3 Å². The lowest BCUT2D eigenvalue weighted by molar-refractivity contribution is 0.0795. The molecule has 0 aliphatic rings. The number of nitrogens with two attached hydrogens (primary N) is 1. The molecule has 6 nitrogen and oxygen atoms in total. The van der Waals surface area contributed by atoms with Crippen molar-refractivity contribution >= 4 is 11.6 Å². The highest BCUT2D eigenvalue weighted by Crippen LogP contribution is 2.10. The molecule has 0 spiro atoms. The van der Waals surface area contributed by atoms with Gasteiger partial charge in [-0.05, 0) is 24.3 Å². The molecule has 0 saturated heterocycles. The summed E-state index contributed by atoms with van der Waals surface area (Å²) in [5.41, 5.74) is 3.53. The van der Waals surface area contributed by atoms with Crippen molar-refractivity contribution in [2.24, 2.45) is 5.84 Å². The normalized spacial score (nSPS) is 8.88.